The second-order valence-electron chi connectivity index (χ2n) is 5.32. The summed E-state index contributed by atoms with van der Waals surface area (Å²) in [7, 11) is 0. The Morgan fingerprint density at radius 2 is 2.32 bits per heavy atom. The Kier molecular flexibility index (Phi) is 5.34. The molecule has 1 saturated carbocycles. The van der Waals surface area contributed by atoms with E-state index >= 15 is 0 Å². The predicted octanol–water partition coefficient (Wildman–Crippen LogP) is 2.51. The Morgan fingerprint density at radius 3 is 3.00 bits per heavy atom. The van der Waals surface area contributed by atoms with Gasteiger partial charge >= 0.3 is 0 Å². The first-order valence-corrected chi connectivity index (χ1v) is 7.89. The second kappa shape index (κ2) is 7.01. The number of nitrogens with zero attached hydrogens (tertiary/aromatic N) is 1. The van der Waals surface area contributed by atoms with E-state index in [0.29, 0.717) is 18.0 Å². The number of hydrogen-bond acceptors (Lipinski definition) is 4. The maximum atomic E-state index is 11.8. The minimum atomic E-state index is -0.132. The van der Waals surface area contributed by atoms with Crippen LogP contribution < -0.4 is 5.32 Å². The van der Waals surface area contributed by atoms with Gasteiger partial charge in [-0.3, -0.25) is 4.79 Å². The van der Waals surface area contributed by atoms with Crippen molar-refractivity contribution in [2.24, 2.45) is 5.92 Å². The third-order valence-corrected chi connectivity index (χ3v) is 4.62. The maximum Gasteiger partial charge on any atom is 0.254 e. The Labute approximate surface area is 118 Å². The van der Waals surface area contributed by atoms with Crippen LogP contribution in [0, 0.1) is 12.8 Å². The highest BCUT2D eigenvalue weighted by Crippen LogP contribution is 2.27. The van der Waals surface area contributed by atoms with Gasteiger partial charge in [0.2, 0.25) is 0 Å². The first-order chi connectivity index (χ1) is 9.18. The molecule has 1 aliphatic rings. The molecule has 0 bridgehead atoms. The molecule has 4 nitrogen and oxygen atoms in total. The summed E-state index contributed by atoms with van der Waals surface area (Å²) in [6.45, 7) is 2.53. The average Bonchev–Trinajstić information content (AvgIpc) is 2.82. The fourth-order valence-corrected chi connectivity index (χ4v) is 3.39. The molecule has 5 heteroatoms. The fourth-order valence-electron chi connectivity index (χ4n) is 2.70. The lowest BCUT2D eigenvalue weighted by Gasteiger charge is -2.27. The largest absolute Gasteiger partial charge is 0.393 e. The topological polar surface area (TPSA) is 62.2 Å². The van der Waals surface area contributed by atoms with E-state index in [2.05, 4.69) is 9.69 Å². The lowest BCUT2D eigenvalue weighted by Crippen LogP contribution is -2.28. The van der Waals surface area contributed by atoms with Gasteiger partial charge in [-0.25, -0.2) is 0 Å². The quantitative estimate of drug-likeness (QED) is 0.816. The second-order valence-corrected chi connectivity index (χ2v) is 5.95. The summed E-state index contributed by atoms with van der Waals surface area (Å²) in [5, 5.41) is 14.6. The summed E-state index contributed by atoms with van der Waals surface area (Å²) in [5.74, 6) is 0.394. The molecule has 0 spiro atoms. The van der Waals surface area contributed by atoms with E-state index in [0.717, 1.165) is 37.8 Å². The van der Waals surface area contributed by atoms with Crippen LogP contribution in [0.1, 0.15) is 54.6 Å². The van der Waals surface area contributed by atoms with Crippen molar-refractivity contribution >= 4 is 17.4 Å². The van der Waals surface area contributed by atoms with Gasteiger partial charge in [0.25, 0.3) is 5.91 Å². The van der Waals surface area contributed by atoms with E-state index in [4.69, 9.17) is 0 Å². The molecule has 0 radical (unpaired) electrons. The molecule has 1 fully saturated rings. The van der Waals surface area contributed by atoms with Crippen LogP contribution in [0.25, 0.3) is 0 Å². The Bertz CT molecular complexity index is 419. The summed E-state index contributed by atoms with van der Waals surface area (Å²) < 4.78 is 4.10. The van der Waals surface area contributed by atoms with Crippen LogP contribution >= 0.6 is 11.5 Å². The Hall–Kier alpha value is -0.940. The van der Waals surface area contributed by atoms with E-state index in [9.17, 15) is 9.90 Å². The number of hydrogen-bond donors (Lipinski definition) is 2. The zero-order valence-corrected chi connectivity index (χ0v) is 12.2. The van der Waals surface area contributed by atoms with Crippen molar-refractivity contribution in [3.63, 3.8) is 0 Å². The molecule has 0 aliphatic heterocycles. The van der Waals surface area contributed by atoms with Gasteiger partial charge in [0.1, 0.15) is 0 Å². The first-order valence-electron chi connectivity index (χ1n) is 7.05. The molecule has 2 rings (SSSR count). The molecular weight excluding hydrogens is 260 g/mol. The van der Waals surface area contributed by atoms with Gasteiger partial charge < -0.3 is 10.4 Å². The Morgan fingerprint density at radius 1 is 1.53 bits per heavy atom. The number of rotatable bonds is 5. The summed E-state index contributed by atoms with van der Waals surface area (Å²) in [6.07, 6.45) is 6.26. The number of carbonyl (C=O) groups excluding carboxylic acids is 1. The van der Waals surface area contributed by atoms with Crippen molar-refractivity contribution in [1.82, 2.24) is 9.69 Å². The molecule has 0 saturated heterocycles. The van der Waals surface area contributed by atoms with Crippen LogP contribution in [-0.2, 0) is 0 Å². The van der Waals surface area contributed by atoms with Crippen molar-refractivity contribution in [1.29, 1.82) is 0 Å². The molecule has 106 valence electrons. The van der Waals surface area contributed by atoms with E-state index in [1.807, 2.05) is 6.92 Å². The molecule has 1 aromatic rings. The fraction of sp³-hybridized carbons (Fsp3) is 0.714. The van der Waals surface area contributed by atoms with Crippen LogP contribution in [0.2, 0.25) is 0 Å². The predicted molar refractivity (Wildman–Crippen MR) is 76.4 cm³/mol. The number of aryl methyl sites for hydroxylation is 1. The van der Waals surface area contributed by atoms with E-state index in [1.165, 1.54) is 18.0 Å². The highest BCUT2D eigenvalue weighted by Gasteiger charge is 2.22. The minimum Gasteiger partial charge on any atom is -0.393 e. The van der Waals surface area contributed by atoms with Gasteiger partial charge in [0.15, 0.2) is 0 Å². The van der Waals surface area contributed by atoms with Crippen LogP contribution in [0.3, 0.4) is 0 Å². The molecule has 1 aliphatic carbocycles. The van der Waals surface area contributed by atoms with E-state index in [1.54, 1.807) is 5.38 Å². The molecule has 2 unspecified atom stereocenters. The number of aliphatic hydroxyl groups is 1. The molecule has 1 heterocycles. The molecule has 0 aromatic carbocycles. The van der Waals surface area contributed by atoms with Crippen molar-refractivity contribution in [2.45, 2.75) is 51.6 Å². The standard InChI is InChI=1S/C14H22N2O2S/c1-10-12(9-19-16-10)14(18)15-8-4-6-11-5-2-3-7-13(11)17/h9,11,13,17H,2-8H2,1H3,(H,15,18). The third-order valence-electron chi connectivity index (χ3n) is 3.90. The van der Waals surface area contributed by atoms with Crippen LogP contribution in [0.15, 0.2) is 5.38 Å². The summed E-state index contributed by atoms with van der Waals surface area (Å²) in [4.78, 5) is 11.8. The smallest absolute Gasteiger partial charge is 0.254 e. The number of amides is 1. The van der Waals surface area contributed by atoms with Gasteiger partial charge in [-0.15, -0.1) is 0 Å². The summed E-state index contributed by atoms with van der Waals surface area (Å²) in [5.41, 5.74) is 1.48. The van der Waals surface area contributed by atoms with Crippen LogP contribution in [-0.4, -0.2) is 28.0 Å². The van der Waals surface area contributed by atoms with Crippen molar-refractivity contribution in [3.05, 3.63) is 16.6 Å². The van der Waals surface area contributed by atoms with Gasteiger partial charge in [-0.05, 0) is 50.1 Å². The highest BCUT2D eigenvalue weighted by molar-refractivity contribution is 7.03. The van der Waals surface area contributed by atoms with Crippen LogP contribution in [0.5, 0.6) is 0 Å². The number of carbonyl (C=O) groups is 1. The molecule has 19 heavy (non-hydrogen) atoms. The number of aromatic nitrogens is 1. The third kappa shape index (κ3) is 4.01. The minimum absolute atomic E-state index is 0.0320. The lowest BCUT2D eigenvalue weighted by atomic mass is 9.83. The summed E-state index contributed by atoms with van der Waals surface area (Å²) in [6, 6.07) is 0. The van der Waals surface area contributed by atoms with Gasteiger partial charge in [-0.2, -0.15) is 4.37 Å². The molecular formula is C14H22N2O2S. The highest BCUT2D eigenvalue weighted by atomic mass is 32.1. The van der Waals surface area contributed by atoms with Gasteiger partial charge in [0, 0.05) is 11.9 Å². The normalized spacial score (nSPS) is 23.3. The number of aliphatic hydroxyl groups excluding tert-OH is 1. The average molecular weight is 282 g/mol. The monoisotopic (exact) mass is 282 g/mol. The molecule has 2 atom stereocenters. The van der Waals surface area contributed by atoms with Gasteiger partial charge in [-0.1, -0.05) is 12.8 Å². The maximum absolute atomic E-state index is 11.8. The van der Waals surface area contributed by atoms with Gasteiger partial charge in [0.05, 0.1) is 17.4 Å². The van der Waals surface area contributed by atoms with E-state index in [-0.39, 0.29) is 12.0 Å². The zero-order chi connectivity index (χ0) is 13.7. The lowest BCUT2D eigenvalue weighted by molar-refractivity contribution is 0.0641. The zero-order valence-electron chi connectivity index (χ0n) is 11.4. The van der Waals surface area contributed by atoms with E-state index < -0.39 is 0 Å². The number of nitrogens with one attached hydrogen (secondary N) is 1. The Balaban J connectivity index is 1.67. The molecule has 1 amide bonds. The summed E-state index contributed by atoms with van der Waals surface area (Å²) >= 11 is 1.31. The van der Waals surface area contributed by atoms with Crippen molar-refractivity contribution in [3.8, 4) is 0 Å². The molecule has 2 N–H and O–H groups in total. The first kappa shape index (κ1) is 14.5. The molecule has 1 aromatic heterocycles. The van der Waals surface area contributed by atoms with Crippen molar-refractivity contribution in [2.75, 3.05) is 6.54 Å². The SMILES string of the molecule is Cc1nscc1C(=O)NCCCC1CCCCC1O. The van der Waals surface area contributed by atoms with Crippen LogP contribution in [0.4, 0.5) is 0 Å². The van der Waals surface area contributed by atoms with Crippen molar-refractivity contribution < 1.29 is 9.90 Å².